The second-order valence-electron chi connectivity index (χ2n) is 5.89. The van der Waals surface area contributed by atoms with Crippen molar-refractivity contribution in [3.8, 4) is 5.75 Å². The normalized spacial score (nSPS) is 24.6. The predicted octanol–water partition coefficient (Wildman–Crippen LogP) is -0.884. The minimum Gasteiger partial charge on any atom is -0.496 e. The number of ether oxygens (including phenoxy) is 2. The number of carbonyl (C=O) groups is 1. The van der Waals surface area contributed by atoms with E-state index in [4.69, 9.17) is 14.6 Å². The van der Waals surface area contributed by atoms with E-state index in [2.05, 4.69) is 10.3 Å². The number of methoxy groups -OCH3 is 1. The summed E-state index contributed by atoms with van der Waals surface area (Å²) in [5.74, 6) is -0.140. The van der Waals surface area contributed by atoms with Crippen molar-refractivity contribution in [3.05, 3.63) is 52.6 Å². The molecule has 10 heteroatoms. The number of para-hydroxylation sites is 1. The van der Waals surface area contributed by atoms with Gasteiger partial charge in [0.2, 0.25) is 0 Å². The summed E-state index contributed by atoms with van der Waals surface area (Å²) in [7, 11) is 1.44. The molecule has 0 aliphatic carbocycles. The number of hydrogen-bond donors (Lipinski definition) is 4. The van der Waals surface area contributed by atoms with Gasteiger partial charge < -0.3 is 30.1 Å². The molecular weight excluding hydrogens is 358 g/mol. The predicted molar refractivity (Wildman–Crippen MR) is 92.5 cm³/mol. The number of aliphatic hydroxyl groups excluding tert-OH is 3. The van der Waals surface area contributed by atoms with E-state index in [0.29, 0.717) is 5.75 Å². The fourth-order valence-electron chi connectivity index (χ4n) is 2.80. The molecule has 4 N–H and O–H groups in total. The molecule has 1 aromatic heterocycles. The highest BCUT2D eigenvalue weighted by Gasteiger charge is 2.43. The van der Waals surface area contributed by atoms with E-state index in [1.54, 1.807) is 24.3 Å². The molecular formula is C17H19N3O7. The first-order valence-corrected chi connectivity index (χ1v) is 8.12. The molecule has 0 spiro atoms. The number of aliphatic hydroxyl groups is 3. The van der Waals surface area contributed by atoms with Crippen LogP contribution in [0.15, 0.2) is 41.3 Å². The van der Waals surface area contributed by atoms with Crippen LogP contribution in [0, 0.1) is 0 Å². The zero-order valence-corrected chi connectivity index (χ0v) is 14.3. The molecule has 27 heavy (non-hydrogen) atoms. The van der Waals surface area contributed by atoms with Crippen LogP contribution in [0.2, 0.25) is 0 Å². The summed E-state index contributed by atoms with van der Waals surface area (Å²) in [6, 6.07) is 7.93. The Labute approximate surface area is 153 Å². The molecule has 3 rings (SSSR count). The maximum Gasteiger partial charge on any atom is 0.351 e. The number of hydrogen-bond acceptors (Lipinski definition) is 8. The molecule has 10 nitrogen and oxygen atoms in total. The van der Waals surface area contributed by atoms with E-state index in [1.807, 2.05) is 0 Å². The maximum absolute atomic E-state index is 12.4. The van der Waals surface area contributed by atoms with Crippen molar-refractivity contribution in [2.24, 2.45) is 0 Å². The monoisotopic (exact) mass is 377 g/mol. The molecule has 1 saturated heterocycles. The Morgan fingerprint density at radius 3 is 2.67 bits per heavy atom. The number of rotatable bonds is 5. The number of nitrogens with zero attached hydrogens (tertiary/aromatic N) is 2. The molecule has 4 atom stereocenters. The number of amides is 1. The average molecular weight is 377 g/mol. The highest BCUT2D eigenvalue weighted by Crippen LogP contribution is 2.28. The lowest BCUT2D eigenvalue weighted by Gasteiger charge is -2.17. The number of nitrogens with one attached hydrogen (secondary N) is 1. The topological polar surface area (TPSA) is 143 Å². The first kappa shape index (κ1) is 19.0. The average Bonchev–Trinajstić information content (AvgIpc) is 2.96. The van der Waals surface area contributed by atoms with Gasteiger partial charge in [-0.2, -0.15) is 4.98 Å². The van der Waals surface area contributed by atoms with Crippen LogP contribution in [-0.2, 0) is 4.74 Å². The van der Waals surface area contributed by atoms with E-state index in [1.165, 1.54) is 19.4 Å². The third-order valence-corrected chi connectivity index (χ3v) is 4.21. The summed E-state index contributed by atoms with van der Waals surface area (Å²) in [6.45, 7) is -0.510. The summed E-state index contributed by atoms with van der Waals surface area (Å²) in [4.78, 5) is 28.4. The van der Waals surface area contributed by atoms with E-state index < -0.39 is 42.7 Å². The first-order chi connectivity index (χ1) is 13.0. The van der Waals surface area contributed by atoms with Gasteiger partial charge in [-0.15, -0.1) is 0 Å². The van der Waals surface area contributed by atoms with Crippen LogP contribution in [0.3, 0.4) is 0 Å². The highest BCUT2D eigenvalue weighted by molar-refractivity contribution is 6.05. The molecule has 0 saturated carbocycles. The summed E-state index contributed by atoms with van der Waals surface area (Å²) in [5, 5.41) is 31.4. The smallest absolute Gasteiger partial charge is 0.351 e. The molecule has 1 aromatic carbocycles. The number of anilines is 1. The van der Waals surface area contributed by atoms with Crippen molar-refractivity contribution < 1.29 is 29.6 Å². The third kappa shape index (κ3) is 3.69. The Bertz CT molecular complexity index is 885. The van der Waals surface area contributed by atoms with Crippen molar-refractivity contribution >= 4 is 11.7 Å². The second kappa shape index (κ2) is 7.84. The molecule has 1 amide bonds. The zero-order chi connectivity index (χ0) is 19.6. The number of benzene rings is 1. The zero-order valence-electron chi connectivity index (χ0n) is 14.3. The lowest BCUT2D eigenvalue weighted by molar-refractivity contribution is -0.0549. The van der Waals surface area contributed by atoms with Crippen LogP contribution in [-0.4, -0.2) is 62.8 Å². The molecule has 1 aliphatic rings. The largest absolute Gasteiger partial charge is 0.496 e. The molecule has 0 bridgehead atoms. The number of aromatic nitrogens is 2. The van der Waals surface area contributed by atoms with Crippen LogP contribution in [0.1, 0.15) is 16.6 Å². The van der Waals surface area contributed by atoms with Crippen LogP contribution in [0.4, 0.5) is 5.82 Å². The van der Waals surface area contributed by atoms with Gasteiger partial charge in [-0.1, -0.05) is 12.1 Å². The van der Waals surface area contributed by atoms with Gasteiger partial charge in [0.1, 0.15) is 29.9 Å². The van der Waals surface area contributed by atoms with Gasteiger partial charge in [-0.25, -0.2) is 4.79 Å². The van der Waals surface area contributed by atoms with E-state index in [-0.39, 0.29) is 11.4 Å². The van der Waals surface area contributed by atoms with Gasteiger partial charge in [0, 0.05) is 6.20 Å². The van der Waals surface area contributed by atoms with E-state index >= 15 is 0 Å². The Morgan fingerprint density at radius 2 is 2.04 bits per heavy atom. The fraction of sp³-hybridized carbons (Fsp3) is 0.353. The highest BCUT2D eigenvalue weighted by atomic mass is 16.6. The molecule has 0 radical (unpaired) electrons. The van der Waals surface area contributed by atoms with Crippen LogP contribution < -0.4 is 15.7 Å². The van der Waals surface area contributed by atoms with E-state index in [9.17, 15) is 19.8 Å². The van der Waals surface area contributed by atoms with Crippen LogP contribution in [0.25, 0.3) is 0 Å². The minimum absolute atomic E-state index is 0.00102. The molecule has 2 heterocycles. The molecule has 2 aromatic rings. The second-order valence-corrected chi connectivity index (χ2v) is 5.89. The van der Waals surface area contributed by atoms with Crippen molar-refractivity contribution in [2.75, 3.05) is 19.0 Å². The maximum atomic E-state index is 12.4. The minimum atomic E-state index is -1.41. The van der Waals surface area contributed by atoms with Gasteiger partial charge in [-0.05, 0) is 18.2 Å². The van der Waals surface area contributed by atoms with Gasteiger partial charge in [-0.3, -0.25) is 9.36 Å². The standard InChI is InChI=1S/C17H19N3O7/c1-26-10-5-3-2-4-9(10)15(24)18-12-6-7-20(17(25)19-12)16-14(23)13(22)11(8-21)27-16/h2-7,11,13-14,16,21-23H,8H2,1H3,(H,18,19,24,25). The molecule has 1 aliphatic heterocycles. The Balaban J connectivity index is 1.79. The van der Waals surface area contributed by atoms with Crippen LogP contribution in [0.5, 0.6) is 5.75 Å². The third-order valence-electron chi connectivity index (χ3n) is 4.21. The Kier molecular flexibility index (Phi) is 5.51. The number of carbonyl (C=O) groups excluding carboxylic acids is 1. The molecule has 1 fully saturated rings. The first-order valence-electron chi connectivity index (χ1n) is 8.12. The molecule has 4 unspecified atom stereocenters. The van der Waals surface area contributed by atoms with E-state index in [0.717, 1.165) is 4.57 Å². The van der Waals surface area contributed by atoms with Crippen LogP contribution >= 0.6 is 0 Å². The van der Waals surface area contributed by atoms with Gasteiger partial charge >= 0.3 is 5.69 Å². The fourth-order valence-corrected chi connectivity index (χ4v) is 2.80. The van der Waals surface area contributed by atoms with Gasteiger partial charge in [0.05, 0.1) is 19.3 Å². The lowest BCUT2D eigenvalue weighted by atomic mass is 10.1. The van der Waals surface area contributed by atoms with Crippen molar-refractivity contribution in [3.63, 3.8) is 0 Å². The Morgan fingerprint density at radius 1 is 1.30 bits per heavy atom. The van der Waals surface area contributed by atoms with Gasteiger partial charge in [0.25, 0.3) is 5.91 Å². The Hall–Kier alpha value is -2.79. The lowest BCUT2D eigenvalue weighted by Crippen LogP contribution is -2.36. The quantitative estimate of drug-likeness (QED) is 0.526. The molecule has 144 valence electrons. The summed E-state index contributed by atoms with van der Waals surface area (Å²) in [6.07, 6.45) is -3.68. The van der Waals surface area contributed by atoms with Gasteiger partial charge in [0.15, 0.2) is 6.23 Å². The van der Waals surface area contributed by atoms with Crippen molar-refractivity contribution in [1.82, 2.24) is 9.55 Å². The summed E-state index contributed by atoms with van der Waals surface area (Å²) >= 11 is 0. The summed E-state index contributed by atoms with van der Waals surface area (Å²) < 4.78 is 11.4. The van der Waals surface area contributed by atoms with Crippen molar-refractivity contribution in [2.45, 2.75) is 24.5 Å². The summed E-state index contributed by atoms with van der Waals surface area (Å²) in [5.41, 5.74) is -0.530. The van der Waals surface area contributed by atoms with Crippen molar-refractivity contribution in [1.29, 1.82) is 0 Å². The SMILES string of the molecule is COc1ccccc1C(=O)Nc1ccn(C2OC(CO)C(O)C2O)c(=O)n1.